The molecule has 0 bridgehead atoms. The van der Waals surface area contributed by atoms with E-state index in [4.69, 9.17) is 4.98 Å². The van der Waals surface area contributed by atoms with Gasteiger partial charge in [0.25, 0.3) is 0 Å². The number of hydrogen-bond donors (Lipinski definition) is 1. The predicted octanol–water partition coefficient (Wildman–Crippen LogP) is 4.77. The van der Waals surface area contributed by atoms with Crippen LogP contribution in [0.4, 0.5) is 0 Å². The van der Waals surface area contributed by atoms with Crippen LogP contribution in [0.25, 0.3) is 22.4 Å². The minimum Gasteiger partial charge on any atom is -0.507 e. The van der Waals surface area contributed by atoms with Crippen LogP contribution >= 0.6 is 22.6 Å². The highest BCUT2D eigenvalue weighted by Gasteiger charge is 2.22. The fraction of sp³-hybridized carbons (Fsp3) is 0.235. The highest BCUT2D eigenvalue weighted by atomic mass is 127. The molecule has 1 aromatic heterocycles. The Morgan fingerprint density at radius 2 is 1.81 bits per heavy atom. The van der Waals surface area contributed by atoms with Crippen molar-refractivity contribution < 1.29 is 5.11 Å². The molecule has 3 aromatic rings. The molecular weight excluding hydrogens is 375 g/mol. The Bertz CT molecular complexity index is 815. The average Bonchev–Trinajstić information content (AvgIpc) is 2.81. The second-order valence-corrected chi connectivity index (χ2v) is 7.26. The molecule has 3 rings (SSSR count). The smallest absolute Gasteiger partial charge is 0.141 e. The summed E-state index contributed by atoms with van der Waals surface area (Å²) in [5.41, 5.74) is 2.92. The van der Waals surface area contributed by atoms with E-state index in [2.05, 4.69) is 54.0 Å². The van der Waals surface area contributed by atoms with Crippen LogP contribution in [0.3, 0.4) is 0 Å². The third kappa shape index (κ3) is 2.52. The molecule has 0 aliphatic heterocycles. The van der Waals surface area contributed by atoms with Gasteiger partial charge in [-0.2, -0.15) is 0 Å². The first-order valence-corrected chi connectivity index (χ1v) is 7.92. The number of rotatable bonds is 1. The van der Waals surface area contributed by atoms with Crippen LogP contribution in [-0.2, 0) is 5.54 Å². The molecule has 0 fully saturated rings. The van der Waals surface area contributed by atoms with Crippen molar-refractivity contribution in [1.29, 1.82) is 0 Å². The fourth-order valence-corrected chi connectivity index (χ4v) is 2.89. The monoisotopic (exact) mass is 392 g/mol. The first-order chi connectivity index (χ1) is 9.88. The number of aromatic nitrogens is 2. The minimum absolute atomic E-state index is 0.0932. The Balaban J connectivity index is 2.33. The van der Waals surface area contributed by atoms with Gasteiger partial charge in [-0.1, -0.05) is 12.1 Å². The van der Waals surface area contributed by atoms with Gasteiger partial charge in [-0.3, -0.25) is 0 Å². The number of nitrogens with zero attached hydrogens (tertiary/aromatic N) is 2. The third-order valence-electron chi connectivity index (χ3n) is 3.44. The second-order valence-electron chi connectivity index (χ2n) is 6.10. The van der Waals surface area contributed by atoms with Crippen LogP contribution < -0.4 is 0 Å². The maximum Gasteiger partial charge on any atom is 0.141 e. The van der Waals surface area contributed by atoms with Gasteiger partial charge in [-0.15, -0.1) is 0 Å². The molecule has 0 atom stereocenters. The second kappa shape index (κ2) is 5.02. The van der Waals surface area contributed by atoms with Crippen LogP contribution in [0.5, 0.6) is 5.75 Å². The Labute approximate surface area is 137 Å². The summed E-state index contributed by atoms with van der Waals surface area (Å²) in [6, 6.07) is 13.8. The number of imidazole rings is 1. The lowest BCUT2D eigenvalue weighted by Gasteiger charge is -2.24. The molecule has 3 nitrogen and oxygen atoms in total. The van der Waals surface area contributed by atoms with Crippen molar-refractivity contribution in [3.63, 3.8) is 0 Å². The van der Waals surface area contributed by atoms with Crippen LogP contribution in [-0.4, -0.2) is 14.7 Å². The quantitative estimate of drug-likeness (QED) is 0.606. The van der Waals surface area contributed by atoms with E-state index in [1.165, 1.54) is 0 Å². The molecule has 4 heteroatoms. The summed E-state index contributed by atoms with van der Waals surface area (Å²) in [7, 11) is 0. The van der Waals surface area contributed by atoms with Crippen LogP contribution in [0.1, 0.15) is 20.8 Å². The molecule has 0 spiro atoms. The summed E-state index contributed by atoms with van der Waals surface area (Å²) in [6.07, 6.45) is 0. The zero-order valence-corrected chi connectivity index (χ0v) is 14.4. The summed E-state index contributed by atoms with van der Waals surface area (Å²) < 4.78 is 3.07. The number of phenols is 1. The summed E-state index contributed by atoms with van der Waals surface area (Å²) in [5, 5.41) is 9.99. The molecule has 1 heterocycles. The number of halogens is 1. The van der Waals surface area contributed by atoms with Crippen molar-refractivity contribution in [2.45, 2.75) is 26.3 Å². The SMILES string of the molecule is CC(C)(C)n1c(-c2ccc(I)c(O)c2)nc2ccccc21. The first kappa shape index (κ1) is 14.4. The molecule has 0 saturated carbocycles. The van der Waals surface area contributed by atoms with Gasteiger partial charge in [0.1, 0.15) is 11.6 Å². The highest BCUT2D eigenvalue weighted by Crippen LogP contribution is 2.33. The Kier molecular flexibility index (Phi) is 3.43. The van der Waals surface area contributed by atoms with Gasteiger partial charge in [0.2, 0.25) is 0 Å². The number of fused-ring (bicyclic) bond motifs is 1. The van der Waals surface area contributed by atoms with E-state index in [1.54, 1.807) is 6.07 Å². The zero-order valence-electron chi connectivity index (χ0n) is 12.3. The number of benzene rings is 2. The molecule has 1 N–H and O–H groups in total. The maximum atomic E-state index is 9.99. The largest absolute Gasteiger partial charge is 0.507 e. The van der Waals surface area contributed by atoms with E-state index < -0.39 is 0 Å². The summed E-state index contributed by atoms with van der Waals surface area (Å²) in [6.45, 7) is 6.49. The lowest BCUT2D eigenvalue weighted by molar-refractivity contribution is 0.413. The summed E-state index contributed by atoms with van der Waals surface area (Å²) >= 11 is 2.12. The molecule has 0 amide bonds. The van der Waals surface area contributed by atoms with E-state index in [1.807, 2.05) is 30.3 Å². The van der Waals surface area contributed by atoms with Gasteiger partial charge >= 0.3 is 0 Å². The maximum absolute atomic E-state index is 9.99. The third-order valence-corrected chi connectivity index (χ3v) is 4.35. The van der Waals surface area contributed by atoms with Crippen LogP contribution in [0.2, 0.25) is 0 Å². The number of phenolic OH excluding ortho intramolecular Hbond substituents is 1. The van der Waals surface area contributed by atoms with Crippen LogP contribution in [0.15, 0.2) is 42.5 Å². The predicted molar refractivity (Wildman–Crippen MR) is 94.5 cm³/mol. The van der Waals surface area contributed by atoms with Crippen molar-refractivity contribution >= 4 is 33.6 Å². The number of para-hydroxylation sites is 2. The molecule has 21 heavy (non-hydrogen) atoms. The van der Waals surface area contributed by atoms with Gasteiger partial charge in [0.15, 0.2) is 0 Å². The summed E-state index contributed by atoms with van der Waals surface area (Å²) in [4.78, 5) is 4.77. The van der Waals surface area contributed by atoms with Crippen molar-refractivity contribution in [3.8, 4) is 17.1 Å². The fourth-order valence-electron chi connectivity index (χ4n) is 2.55. The molecule has 108 valence electrons. The Hall–Kier alpha value is -1.56. The zero-order chi connectivity index (χ0) is 15.2. The van der Waals surface area contributed by atoms with Gasteiger partial charge in [-0.25, -0.2) is 4.98 Å². The van der Waals surface area contributed by atoms with Gasteiger partial charge < -0.3 is 9.67 Å². The van der Waals surface area contributed by atoms with Crippen molar-refractivity contribution in [2.24, 2.45) is 0 Å². The van der Waals surface area contributed by atoms with Gasteiger partial charge in [0, 0.05) is 11.1 Å². The average molecular weight is 392 g/mol. The Morgan fingerprint density at radius 3 is 2.48 bits per heavy atom. The van der Waals surface area contributed by atoms with Crippen molar-refractivity contribution in [3.05, 3.63) is 46.0 Å². The molecule has 0 radical (unpaired) electrons. The Morgan fingerprint density at radius 1 is 1.10 bits per heavy atom. The van der Waals surface area contributed by atoms with E-state index in [0.717, 1.165) is 26.0 Å². The highest BCUT2D eigenvalue weighted by molar-refractivity contribution is 14.1. The van der Waals surface area contributed by atoms with Crippen molar-refractivity contribution in [2.75, 3.05) is 0 Å². The number of hydrogen-bond acceptors (Lipinski definition) is 2. The minimum atomic E-state index is -0.0932. The van der Waals surface area contributed by atoms with E-state index in [-0.39, 0.29) is 5.54 Å². The van der Waals surface area contributed by atoms with Gasteiger partial charge in [-0.05, 0) is 73.7 Å². The van der Waals surface area contributed by atoms with Gasteiger partial charge in [0.05, 0.1) is 14.6 Å². The summed E-state index contributed by atoms with van der Waals surface area (Å²) in [5.74, 6) is 1.18. The van der Waals surface area contributed by atoms with Crippen LogP contribution in [0, 0.1) is 3.57 Å². The molecule has 0 unspecified atom stereocenters. The lowest BCUT2D eigenvalue weighted by Crippen LogP contribution is -2.22. The van der Waals surface area contributed by atoms with E-state index in [0.29, 0.717) is 5.75 Å². The number of aromatic hydroxyl groups is 1. The van der Waals surface area contributed by atoms with E-state index in [9.17, 15) is 5.11 Å². The molecule has 2 aromatic carbocycles. The molecule has 0 aliphatic rings. The van der Waals surface area contributed by atoms with Crippen molar-refractivity contribution in [1.82, 2.24) is 9.55 Å². The standard InChI is InChI=1S/C17H17IN2O/c1-17(2,3)20-14-7-5-4-6-13(14)19-16(20)11-8-9-12(18)15(21)10-11/h4-10,21H,1-3H3. The molecular formula is C17H17IN2O. The lowest BCUT2D eigenvalue weighted by atomic mass is 10.1. The first-order valence-electron chi connectivity index (χ1n) is 6.85. The normalized spacial score (nSPS) is 12.0. The van der Waals surface area contributed by atoms with E-state index >= 15 is 0 Å². The molecule has 0 saturated heterocycles. The molecule has 0 aliphatic carbocycles. The topological polar surface area (TPSA) is 38.0 Å².